The molecule has 0 bridgehead atoms. The first kappa shape index (κ1) is 15.7. The summed E-state index contributed by atoms with van der Waals surface area (Å²) in [5.74, 6) is -2.84. The summed E-state index contributed by atoms with van der Waals surface area (Å²) in [5.41, 5.74) is 1.06. The summed E-state index contributed by atoms with van der Waals surface area (Å²) in [6, 6.07) is 9.72. The first-order chi connectivity index (χ1) is 10.0. The number of pyridine rings is 1. The maximum absolute atomic E-state index is 12.5. The molecule has 0 unspecified atom stereocenters. The molecule has 0 aliphatic rings. The number of carbonyl (C=O) groups is 1. The van der Waals surface area contributed by atoms with Crippen LogP contribution >= 0.6 is 23.4 Å². The molecule has 0 spiro atoms. The summed E-state index contributed by atoms with van der Waals surface area (Å²) in [6.07, 6.45) is 1.60. The lowest BCUT2D eigenvalue weighted by Crippen LogP contribution is -2.15. The molecule has 1 amide bonds. The Hall–Kier alpha value is -1.66. The van der Waals surface area contributed by atoms with E-state index in [4.69, 9.17) is 11.6 Å². The number of aromatic nitrogens is 1. The maximum atomic E-state index is 12.5. The number of hydrogen-bond donors (Lipinski definition) is 1. The molecular weight excluding hydrogens is 318 g/mol. The lowest BCUT2D eigenvalue weighted by molar-refractivity contribution is -0.115. The fraction of sp³-hybridized carbons (Fsp3) is 0.143. The molecular formula is C14H11ClF2N2OS. The molecule has 0 saturated heterocycles. The normalized spacial score (nSPS) is 10.7. The molecule has 2 rings (SSSR count). The van der Waals surface area contributed by atoms with E-state index >= 15 is 0 Å². The monoisotopic (exact) mass is 328 g/mol. The van der Waals surface area contributed by atoms with Gasteiger partial charge in [0.2, 0.25) is 5.91 Å². The zero-order valence-corrected chi connectivity index (χ0v) is 12.3. The van der Waals surface area contributed by atoms with Crippen LogP contribution in [0.25, 0.3) is 0 Å². The number of alkyl halides is 2. The van der Waals surface area contributed by atoms with Gasteiger partial charge in [-0.1, -0.05) is 41.6 Å². The van der Waals surface area contributed by atoms with Crippen LogP contribution in [0, 0.1) is 0 Å². The third kappa shape index (κ3) is 4.99. The van der Waals surface area contributed by atoms with Crippen LogP contribution in [0.1, 0.15) is 5.56 Å². The highest BCUT2D eigenvalue weighted by Gasteiger charge is 2.12. The molecule has 1 N–H and O–H groups in total. The third-order valence-corrected chi connectivity index (χ3v) is 3.54. The van der Waals surface area contributed by atoms with Crippen LogP contribution < -0.4 is 5.32 Å². The van der Waals surface area contributed by atoms with Crippen molar-refractivity contribution in [1.29, 1.82) is 0 Å². The molecule has 3 nitrogen and oxygen atoms in total. The fourth-order valence-corrected chi connectivity index (χ4v) is 2.37. The van der Waals surface area contributed by atoms with Gasteiger partial charge in [0.15, 0.2) is 0 Å². The van der Waals surface area contributed by atoms with Gasteiger partial charge in [0.1, 0.15) is 5.15 Å². The second-order valence-corrected chi connectivity index (χ2v) is 5.51. The quantitative estimate of drug-likeness (QED) is 0.659. The van der Waals surface area contributed by atoms with Gasteiger partial charge in [0, 0.05) is 11.1 Å². The topological polar surface area (TPSA) is 42.0 Å². The number of para-hydroxylation sites is 1. The van der Waals surface area contributed by atoms with Crippen LogP contribution in [-0.4, -0.2) is 16.6 Å². The van der Waals surface area contributed by atoms with Crippen molar-refractivity contribution in [1.82, 2.24) is 4.98 Å². The molecule has 1 aromatic carbocycles. The number of hydrogen-bond acceptors (Lipinski definition) is 3. The molecule has 1 heterocycles. The molecule has 21 heavy (non-hydrogen) atoms. The highest BCUT2D eigenvalue weighted by atomic mass is 35.5. The Kier molecular flexibility index (Phi) is 5.52. The summed E-state index contributed by atoms with van der Waals surface area (Å²) < 4.78 is 24.9. The minimum absolute atomic E-state index is 0.0951. The van der Waals surface area contributed by atoms with E-state index in [1.165, 1.54) is 12.3 Å². The maximum Gasteiger partial charge on any atom is 0.288 e. The van der Waals surface area contributed by atoms with Gasteiger partial charge < -0.3 is 5.32 Å². The zero-order chi connectivity index (χ0) is 15.2. The van der Waals surface area contributed by atoms with Gasteiger partial charge in [0.05, 0.1) is 12.1 Å². The van der Waals surface area contributed by atoms with Crippen LogP contribution in [0.5, 0.6) is 0 Å². The molecule has 0 radical (unpaired) electrons. The van der Waals surface area contributed by atoms with E-state index in [-0.39, 0.29) is 12.3 Å². The van der Waals surface area contributed by atoms with Crippen molar-refractivity contribution in [3.63, 3.8) is 0 Å². The van der Waals surface area contributed by atoms with E-state index in [0.717, 1.165) is 0 Å². The van der Waals surface area contributed by atoms with E-state index in [1.807, 2.05) is 0 Å². The highest BCUT2D eigenvalue weighted by molar-refractivity contribution is 7.99. The lowest BCUT2D eigenvalue weighted by atomic mass is 10.2. The van der Waals surface area contributed by atoms with Crippen LogP contribution in [-0.2, 0) is 11.2 Å². The molecule has 2 aromatic rings. The summed E-state index contributed by atoms with van der Waals surface area (Å²) in [4.78, 5) is 16.1. The fourth-order valence-electron chi connectivity index (χ4n) is 1.66. The second kappa shape index (κ2) is 7.38. The number of anilines is 1. The number of thioether (sulfide) groups is 1. The van der Waals surface area contributed by atoms with Crippen LogP contribution in [0.15, 0.2) is 47.5 Å². The summed E-state index contributed by atoms with van der Waals surface area (Å²) >= 11 is 6.06. The highest BCUT2D eigenvalue weighted by Crippen LogP contribution is 2.31. The molecule has 0 aliphatic heterocycles. The van der Waals surface area contributed by atoms with E-state index in [1.54, 1.807) is 30.3 Å². The Morgan fingerprint density at radius 1 is 1.29 bits per heavy atom. The smallest absolute Gasteiger partial charge is 0.288 e. The van der Waals surface area contributed by atoms with Gasteiger partial charge in [-0.15, -0.1) is 0 Å². The van der Waals surface area contributed by atoms with Gasteiger partial charge in [-0.2, -0.15) is 8.78 Å². The van der Waals surface area contributed by atoms with E-state index in [9.17, 15) is 13.6 Å². The Bertz CT molecular complexity index is 623. The average molecular weight is 329 g/mol. The molecule has 7 heteroatoms. The number of amides is 1. The first-order valence-corrected chi connectivity index (χ1v) is 7.24. The van der Waals surface area contributed by atoms with E-state index in [0.29, 0.717) is 33.1 Å². The Labute approximate surface area is 129 Å². The Balaban J connectivity index is 2.04. The lowest BCUT2D eigenvalue weighted by Gasteiger charge is -2.10. The molecule has 1 aromatic heterocycles. The van der Waals surface area contributed by atoms with Crippen molar-refractivity contribution in [2.24, 2.45) is 0 Å². The number of nitrogens with zero attached hydrogens (tertiary/aromatic N) is 1. The number of nitrogens with one attached hydrogen (secondary N) is 1. The van der Waals surface area contributed by atoms with E-state index < -0.39 is 5.76 Å². The van der Waals surface area contributed by atoms with Gasteiger partial charge in [-0.05, 0) is 23.8 Å². The summed E-state index contributed by atoms with van der Waals surface area (Å²) in [6.45, 7) is 0. The molecule has 110 valence electrons. The molecule has 0 atom stereocenters. The van der Waals surface area contributed by atoms with Crippen molar-refractivity contribution in [3.8, 4) is 0 Å². The number of carbonyl (C=O) groups excluding carboxylic acids is 1. The van der Waals surface area contributed by atoms with Crippen molar-refractivity contribution < 1.29 is 13.6 Å². The molecule has 0 saturated carbocycles. The third-order valence-electron chi connectivity index (χ3n) is 2.53. The van der Waals surface area contributed by atoms with Crippen molar-refractivity contribution in [2.75, 3.05) is 5.32 Å². The van der Waals surface area contributed by atoms with Crippen LogP contribution in [0.3, 0.4) is 0 Å². The number of benzene rings is 1. The van der Waals surface area contributed by atoms with Gasteiger partial charge in [-0.25, -0.2) is 4.98 Å². The molecule has 0 aliphatic carbocycles. The Morgan fingerprint density at radius 3 is 2.71 bits per heavy atom. The summed E-state index contributed by atoms with van der Waals surface area (Å²) in [5, 5.41) is 2.97. The first-order valence-electron chi connectivity index (χ1n) is 5.98. The number of halogens is 3. The minimum atomic E-state index is -2.54. The second-order valence-electron chi connectivity index (χ2n) is 4.09. The average Bonchev–Trinajstić information content (AvgIpc) is 2.43. The SMILES string of the molecule is O=C(Cc1ccc(Cl)nc1)Nc1ccccc1SC(F)F. The standard InChI is InChI=1S/C14H11ClF2N2OS/c15-12-6-5-9(8-18-12)7-13(20)19-10-3-1-2-4-11(10)21-14(16)17/h1-6,8,14H,7H2,(H,19,20). The van der Waals surface area contributed by atoms with Crippen LogP contribution in [0.2, 0.25) is 5.15 Å². The summed E-state index contributed by atoms with van der Waals surface area (Å²) in [7, 11) is 0. The predicted octanol–water partition coefficient (Wildman–Crippen LogP) is 4.23. The van der Waals surface area contributed by atoms with Gasteiger partial charge >= 0.3 is 0 Å². The van der Waals surface area contributed by atoms with Gasteiger partial charge in [-0.3, -0.25) is 4.79 Å². The largest absolute Gasteiger partial charge is 0.325 e. The van der Waals surface area contributed by atoms with E-state index in [2.05, 4.69) is 10.3 Å². The van der Waals surface area contributed by atoms with Crippen LogP contribution in [0.4, 0.5) is 14.5 Å². The van der Waals surface area contributed by atoms with Crippen molar-refractivity contribution in [3.05, 3.63) is 53.3 Å². The Morgan fingerprint density at radius 2 is 2.05 bits per heavy atom. The minimum Gasteiger partial charge on any atom is -0.325 e. The van der Waals surface area contributed by atoms with Crippen molar-refractivity contribution >= 4 is 35.0 Å². The van der Waals surface area contributed by atoms with Crippen molar-refractivity contribution in [2.45, 2.75) is 17.1 Å². The predicted molar refractivity (Wildman–Crippen MR) is 79.9 cm³/mol. The zero-order valence-electron chi connectivity index (χ0n) is 10.7. The number of rotatable bonds is 5. The molecule has 0 fully saturated rings. The van der Waals surface area contributed by atoms with Gasteiger partial charge in [0.25, 0.3) is 5.76 Å².